The van der Waals surface area contributed by atoms with Gasteiger partial charge in [0.15, 0.2) is 5.82 Å². The van der Waals surface area contributed by atoms with Crippen molar-refractivity contribution in [2.75, 3.05) is 11.5 Å². The summed E-state index contributed by atoms with van der Waals surface area (Å²) in [5.41, 5.74) is 10.0. The fraction of sp³-hybridized carbons (Fsp3) is 0.219. The van der Waals surface area contributed by atoms with Gasteiger partial charge >= 0.3 is 6.03 Å². The van der Waals surface area contributed by atoms with Crippen LogP contribution in [0.2, 0.25) is 10.2 Å². The number of nitrogens with one attached hydrogen (secondary N) is 4. The van der Waals surface area contributed by atoms with Crippen LogP contribution in [-0.4, -0.2) is 31.9 Å². The van der Waals surface area contributed by atoms with Gasteiger partial charge in [-0.3, -0.25) is 5.10 Å². The van der Waals surface area contributed by atoms with E-state index < -0.39 is 6.04 Å². The molecule has 0 aliphatic carbocycles. The Morgan fingerprint density at radius 1 is 1.05 bits per heavy atom. The Labute approximate surface area is 264 Å². The lowest BCUT2D eigenvalue weighted by Crippen LogP contribution is -2.41. The number of rotatable bonds is 12. The molecule has 2 unspecified atom stereocenters. The molecule has 43 heavy (non-hydrogen) atoms. The summed E-state index contributed by atoms with van der Waals surface area (Å²) in [4.78, 5) is 22.6. The fourth-order valence-corrected chi connectivity index (χ4v) is 6.07. The zero-order valence-corrected chi connectivity index (χ0v) is 26.0. The number of hydrogen-bond donors (Lipinski definition) is 5. The molecule has 3 aromatic carbocycles. The highest BCUT2D eigenvalue weighted by atomic mass is 35.5. The second-order valence-electron chi connectivity index (χ2n) is 10.2. The van der Waals surface area contributed by atoms with Crippen LogP contribution in [-0.2, 0) is 6.42 Å². The molecule has 5 rings (SSSR count). The normalized spacial score (nSPS) is 12.6. The number of carbonyl (C=O) groups is 1. The van der Waals surface area contributed by atoms with Crippen LogP contribution in [0.4, 0.5) is 10.6 Å². The number of benzene rings is 3. The summed E-state index contributed by atoms with van der Waals surface area (Å²) in [5.74, 6) is 1.93. The summed E-state index contributed by atoms with van der Waals surface area (Å²) >= 11 is 14.7. The molecule has 2 heterocycles. The standard InChI is InChI=1S/C32H33Cl2N7OS/c1-3-14-43-19(2)15-25(21-10-7-11-23(33)17-21)36-32(42)37-27(16-20-8-5-4-6-9-20)31-38-28(29(34)39-31)22-12-13-24-26(18-22)40-41-30(24)35/h4-13,17-18,25,27H,2-3,14-16H2,1H3,(H,38,39)(H3,35,40,41)(H2,36,37,42). The number of amides is 2. The largest absolute Gasteiger partial charge is 0.382 e. The zero-order chi connectivity index (χ0) is 30.3. The van der Waals surface area contributed by atoms with Crippen molar-refractivity contribution in [1.29, 1.82) is 0 Å². The Morgan fingerprint density at radius 3 is 2.60 bits per heavy atom. The number of hydrogen-bond acceptors (Lipinski definition) is 5. The van der Waals surface area contributed by atoms with E-state index in [1.54, 1.807) is 11.8 Å². The van der Waals surface area contributed by atoms with Gasteiger partial charge in [-0.25, -0.2) is 9.78 Å². The van der Waals surface area contributed by atoms with Crippen LogP contribution >= 0.6 is 35.0 Å². The molecule has 0 aliphatic heterocycles. The third-order valence-electron chi connectivity index (χ3n) is 6.96. The first kappa shape index (κ1) is 30.5. The number of aromatic amines is 2. The van der Waals surface area contributed by atoms with Gasteiger partial charge in [-0.05, 0) is 58.9 Å². The molecule has 2 atom stereocenters. The highest BCUT2D eigenvalue weighted by Crippen LogP contribution is 2.32. The SMILES string of the molecule is C=C(CC(NC(=O)NC(Cc1ccccc1)c1nc(-c2ccc3c(N)n[nH]c3c2)c(Cl)[nH]1)c1cccc(Cl)c1)SCCC. The third-order valence-corrected chi connectivity index (χ3v) is 8.66. The Kier molecular flexibility index (Phi) is 9.97. The number of carbonyl (C=O) groups excluding carboxylic acids is 1. The maximum atomic E-state index is 13.6. The van der Waals surface area contributed by atoms with Crippen LogP contribution in [0.25, 0.3) is 22.2 Å². The van der Waals surface area contributed by atoms with Gasteiger partial charge in [-0.15, -0.1) is 11.8 Å². The van der Waals surface area contributed by atoms with Gasteiger partial charge in [0.1, 0.15) is 16.7 Å². The molecule has 0 aliphatic rings. The van der Waals surface area contributed by atoms with E-state index in [1.165, 1.54) is 0 Å². The molecule has 2 amide bonds. The zero-order valence-electron chi connectivity index (χ0n) is 23.7. The molecule has 5 aromatic rings. The Balaban J connectivity index is 1.41. The molecule has 11 heteroatoms. The van der Waals surface area contributed by atoms with E-state index >= 15 is 0 Å². The first-order valence-corrected chi connectivity index (χ1v) is 15.7. The van der Waals surface area contributed by atoms with E-state index in [4.69, 9.17) is 33.9 Å². The molecule has 8 nitrogen and oxygen atoms in total. The predicted molar refractivity (Wildman–Crippen MR) is 178 cm³/mol. The number of fused-ring (bicyclic) bond motifs is 1. The van der Waals surface area contributed by atoms with Crippen molar-refractivity contribution in [3.63, 3.8) is 0 Å². The average Bonchev–Trinajstić information content (AvgIpc) is 3.57. The number of aromatic nitrogens is 4. The molecular weight excluding hydrogens is 601 g/mol. The second kappa shape index (κ2) is 14.0. The van der Waals surface area contributed by atoms with E-state index in [2.05, 4.69) is 39.3 Å². The summed E-state index contributed by atoms with van der Waals surface area (Å²) in [6.45, 7) is 6.36. The number of anilines is 1. The van der Waals surface area contributed by atoms with Gasteiger partial charge < -0.3 is 21.4 Å². The second-order valence-corrected chi connectivity index (χ2v) is 12.3. The third kappa shape index (κ3) is 7.73. The molecule has 0 radical (unpaired) electrons. The minimum atomic E-state index is -0.502. The topological polar surface area (TPSA) is 125 Å². The quantitative estimate of drug-likeness (QED) is 0.0946. The van der Waals surface area contributed by atoms with Crippen LogP contribution in [0.15, 0.2) is 84.3 Å². The van der Waals surface area contributed by atoms with Crippen LogP contribution in [0.3, 0.4) is 0 Å². The predicted octanol–water partition coefficient (Wildman–Crippen LogP) is 8.21. The van der Waals surface area contributed by atoms with E-state index in [9.17, 15) is 4.79 Å². The monoisotopic (exact) mass is 633 g/mol. The van der Waals surface area contributed by atoms with Gasteiger partial charge in [-0.2, -0.15) is 5.10 Å². The highest BCUT2D eigenvalue weighted by molar-refractivity contribution is 8.03. The maximum absolute atomic E-state index is 13.6. The first-order chi connectivity index (χ1) is 20.8. The molecular formula is C32H33Cl2N7OS. The van der Waals surface area contributed by atoms with Gasteiger partial charge in [-0.1, -0.05) is 85.2 Å². The number of imidazole rings is 1. The summed E-state index contributed by atoms with van der Waals surface area (Å²) in [5, 5.41) is 15.1. The van der Waals surface area contributed by atoms with Crippen LogP contribution in [0, 0.1) is 0 Å². The summed E-state index contributed by atoms with van der Waals surface area (Å²) in [6.07, 6.45) is 2.10. The molecule has 2 aromatic heterocycles. The van der Waals surface area contributed by atoms with E-state index in [1.807, 2.05) is 72.8 Å². The molecule has 0 saturated carbocycles. The number of thioether (sulfide) groups is 1. The summed E-state index contributed by atoms with van der Waals surface area (Å²) < 4.78 is 0. The number of urea groups is 1. The maximum Gasteiger partial charge on any atom is 0.315 e. The van der Waals surface area contributed by atoms with Crippen LogP contribution in [0.1, 0.15) is 48.8 Å². The van der Waals surface area contributed by atoms with Gasteiger partial charge in [0.25, 0.3) is 0 Å². The molecule has 6 N–H and O–H groups in total. The van der Waals surface area contributed by atoms with Crippen molar-refractivity contribution >= 4 is 57.7 Å². The van der Waals surface area contributed by atoms with Crippen molar-refractivity contribution in [1.82, 2.24) is 30.8 Å². The lowest BCUT2D eigenvalue weighted by molar-refractivity contribution is 0.232. The van der Waals surface area contributed by atoms with Crippen LogP contribution < -0.4 is 16.4 Å². The van der Waals surface area contributed by atoms with Crippen molar-refractivity contribution < 1.29 is 4.79 Å². The first-order valence-electron chi connectivity index (χ1n) is 14.0. The number of halogens is 2. The average molecular weight is 635 g/mol. The van der Waals surface area contributed by atoms with Crippen molar-refractivity contribution in [3.05, 3.63) is 111 Å². The molecule has 0 saturated heterocycles. The van der Waals surface area contributed by atoms with Gasteiger partial charge in [0, 0.05) is 22.4 Å². The number of nitrogen functional groups attached to an aromatic ring is 1. The van der Waals surface area contributed by atoms with Crippen molar-refractivity contribution in [2.45, 2.75) is 38.3 Å². The summed E-state index contributed by atoms with van der Waals surface area (Å²) in [6, 6.07) is 21.9. The van der Waals surface area contributed by atoms with Crippen molar-refractivity contribution in [3.8, 4) is 11.3 Å². The smallest absolute Gasteiger partial charge is 0.315 e. The Bertz CT molecular complexity index is 1720. The Hall–Kier alpha value is -3.92. The molecule has 222 valence electrons. The van der Waals surface area contributed by atoms with Crippen LogP contribution in [0.5, 0.6) is 0 Å². The Morgan fingerprint density at radius 2 is 1.84 bits per heavy atom. The lowest BCUT2D eigenvalue weighted by atomic mass is 10.0. The van der Waals surface area contributed by atoms with Crippen molar-refractivity contribution in [2.24, 2.45) is 0 Å². The van der Waals surface area contributed by atoms with E-state index in [-0.39, 0.29) is 12.1 Å². The van der Waals surface area contributed by atoms with E-state index in [0.717, 1.165) is 44.7 Å². The molecule has 0 fully saturated rings. The van der Waals surface area contributed by atoms with Gasteiger partial charge in [0.05, 0.1) is 17.6 Å². The minimum absolute atomic E-state index is 0.322. The van der Waals surface area contributed by atoms with Gasteiger partial charge in [0.2, 0.25) is 0 Å². The highest BCUT2D eigenvalue weighted by Gasteiger charge is 2.24. The summed E-state index contributed by atoms with van der Waals surface area (Å²) in [7, 11) is 0. The number of H-pyrrole nitrogens is 2. The minimum Gasteiger partial charge on any atom is -0.382 e. The fourth-order valence-electron chi connectivity index (χ4n) is 4.85. The molecule has 0 spiro atoms. The molecule has 0 bridgehead atoms. The number of nitrogens with two attached hydrogens (primary N) is 1. The lowest BCUT2D eigenvalue weighted by Gasteiger charge is -2.23. The number of nitrogens with zero attached hydrogens (tertiary/aromatic N) is 2. The van der Waals surface area contributed by atoms with E-state index in [0.29, 0.717) is 40.4 Å².